The molecule has 0 unspecified atom stereocenters. The van der Waals surface area contributed by atoms with Crippen LogP contribution in [0.3, 0.4) is 0 Å². The van der Waals surface area contributed by atoms with Crippen LogP contribution in [0, 0.1) is 10.1 Å². The van der Waals surface area contributed by atoms with Crippen molar-refractivity contribution in [2.75, 3.05) is 24.6 Å². The Balaban J connectivity index is 1.65. The Morgan fingerprint density at radius 1 is 1.32 bits per heavy atom. The van der Waals surface area contributed by atoms with Crippen LogP contribution in [-0.4, -0.2) is 40.4 Å². The van der Waals surface area contributed by atoms with Crippen LogP contribution >= 0.6 is 0 Å². The molecule has 0 bridgehead atoms. The van der Waals surface area contributed by atoms with Gasteiger partial charge in [-0.3, -0.25) is 14.8 Å². The number of nitro groups is 1. The van der Waals surface area contributed by atoms with Gasteiger partial charge in [0, 0.05) is 18.8 Å². The fourth-order valence-corrected chi connectivity index (χ4v) is 3.29. The van der Waals surface area contributed by atoms with Gasteiger partial charge < -0.3 is 9.64 Å². The molecule has 1 aliphatic heterocycles. The lowest BCUT2D eigenvalue weighted by molar-refractivity contribution is -0.386. The third-order valence-electron chi connectivity index (χ3n) is 4.73. The average molecular weight is 394 g/mol. The molecule has 1 fully saturated rings. The van der Waals surface area contributed by atoms with Crippen molar-refractivity contribution in [1.29, 1.82) is 0 Å². The zero-order valence-electron chi connectivity index (χ0n) is 15.3. The summed E-state index contributed by atoms with van der Waals surface area (Å²) < 4.78 is 32.2. The first-order chi connectivity index (χ1) is 13.4. The number of carbonyl (C=O) groups excluding carboxylic acids is 1. The van der Waals surface area contributed by atoms with Crippen molar-refractivity contribution in [2.45, 2.75) is 32.2 Å². The summed E-state index contributed by atoms with van der Waals surface area (Å²) in [6.45, 7) is 3.34. The molecule has 2 aromatic rings. The molecule has 1 aromatic heterocycles. The van der Waals surface area contributed by atoms with Crippen molar-refractivity contribution in [3.63, 3.8) is 0 Å². The van der Waals surface area contributed by atoms with Gasteiger partial charge in [-0.1, -0.05) is 0 Å². The van der Waals surface area contributed by atoms with Crippen LogP contribution in [0.2, 0.25) is 0 Å². The van der Waals surface area contributed by atoms with E-state index in [2.05, 4.69) is 10.00 Å². The number of benzene rings is 1. The fourth-order valence-electron chi connectivity index (χ4n) is 3.29. The highest BCUT2D eigenvalue weighted by Gasteiger charge is 2.30. The SMILES string of the molecule is CCOC(=O)c1ccc(N2CCC(n3cc([N+](=O)[O-])c(C(F)F)n3)CC2)cc1. The van der Waals surface area contributed by atoms with Gasteiger partial charge in [0.2, 0.25) is 5.69 Å². The minimum atomic E-state index is -2.99. The molecule has 8 nitrogen and oxygen atoms in total. The summed E-state index contributed by atoms with van der Waals surface area (Å²) in [5, 5.41) is 14.7. The first-order valence-electron chi connectivity index (χ1n) is 8.94. The smallest absolute Gasteiger partial charge is 0.338 e. The fraction of sp³-hybridized carbons (Fsp3) is 0.444. The molecular formula is C18H20F2N4O4. The van der Waals surface area contributed by atoms with E-state index in [4.69, 9.17) is 4.74 Å². The normalized spacial score (nSPS) is 15.1. The molecule has 0 atom stereocenters. The number of ether oxygens (including phenoxy) is 1. The van der Waals surface area contributed by atoms with E-state index in [0.29, 0.717) is 38.1 Å². The Bertz CT molecular complexity index is 846. The van der Waals surface area contributed by atoms with Crippen LogP contribution in [0.5, 0.6) is 0 Å². The second-order valence-electron chi connectivity index (χ2n) is 6.42. The van der Waals surface area contributed by atoms with Crippen molar-refractivity contribution >= 4 is 17.3 Å². The average Bonchev–Trinajstić information content (AvgIpc) is 3.15. The van der Waals surface area contributed by atoms with Crippen molar-refractivity contribution in [3.8, 4) is 0 Å². The second kappa shape index (κ2) is 8.32. The minimum absolute atomic E-state index is 0.179. The van der Waals surface area contributed by atoms with Gasteiger partial charge in [0.15, 0.2) is 0 Å². The summed E-state index contributed by atoms with van der Waals surface area (Å²) >= 11 is 0. The Labute approximate surface area is 159 Å². The quantitative estimate of drug-likeness (QED) is 0.421. The molecule has 0 aliphatic carbocycles. The molecule has 1 aliphatic rings. The lowest BCUT2D eigenvalue weighted by Gasteiger charge is -2.33. The Hall–Kier alpha value is -3.04. The van der Waals surface area contributed by atoms with E-state index in [1.165, 1.54) is 4.68 Å². The number of alkyl halides is 2. The van der Waals surface area contributed by atoms with Crippen LogP contribution in [0.15, 0.2) is 30.5 Å². The van der Waals surface area contributed by atoms with Crippen LogP contribution in [0.25, 0.3) is 0 Å². The van der Waals surface area contributed by atoms with E-state index in [0.717, 1.165) is 11.9 Å². The Morgan fingerprint density at radius 3 is 2.46 bits per heavy atom. The first kappa shape index (κ1) is 19.7. The van der Waals surface area contributed by atoms with Gasteiger partial charge in [-0.05, 0) is 44.0 Å². The molecule has 1 saturated heterocycles. The minimum Gasteiger partial charge on any atom is -0.462 e. The highest BCUT2D eigenvalue weighted by Crippen LogP contribution is 2.32. The lowest BCUT2D eigenvalue weighted by Crippen LogP contribution is -2.34. The van der Waals surface area contributed by atoms with Crippen LogP contribution in [-0.2, 0) is 4.74 Å². The number of piperidine rings is 1. The maximum absolute atomic E-state index is 13.0. The molecule has 2 heterocycles. The predicted molar refractivity (Wildman–Crippen MR) is 96.7 cm³/mol. The molecular weight excluding hydrogens is 374 g/mol. The van der Waals surface area contributed by atoms with Crippen LogP contribution in [0.1, 0.15) is 48.3 Å². The summed E-state index contributed by atoms with van der Waals surface area (Å²) in [5.74, 6) is -0.372. The number of rotatable bonds is 6. The maximum Gasteiger partial charge on any atom is 0.338 e. The third-order valence-corrected chi connectivity index (χ3v) is 4.73. The monoisotopic (exact) mass is 394 g/mol. The number of carbonyl (C=O) groups is 1. The summed E-state index contributed by atoms with van der Waals surface area (Å²) in [7, 11) is 0. The van der Waals surface area contributed by atoms with Crippen molar-refractivity contribution in [3.05, 3.63) is 51.8 Å². The number of aromatic nitrogens is 2. The van der Waals surface area contributed by atoms with Crippen LogP contribution < -0.4 is 4.90 Å². The first-order valence-corrected chi connectivity index (χ1v) is 8.94. The summed E-state index contributed by atoms with van der Waals surface area (Å²) in [6.07, 6.45) is -0.669. The van der Waals surface area contributed by atoms with Gasteiger partial charge in [-0.25, -0.2) is 13.6 Å². The zero-order chi connectivity index (χ0) is 20.3. The van der Waals surface area contributed by atoms with Gasteiger partial charge in [0.1, 0.15) is 6.20 Å². The molecule has 10 heteroatoms. The van der Waals surface area contributed by atoms with E-state index in [9.17, 15) is 23.7 Å². The number of hydrogen-bond acceptors (Lipinski definition) is 6. The molecule has 3 rings (SSSR count). The number of halogens is 2. The van der Waals surface area contributed by atoms with E-state index in [1.807, 2.05) is 12.1 Å². The van der Waals surface area contributed by atoms with E-state index < -0.39 is 22.7 Å². The topological polar surface area (TPSA) is 90.5 Å². The van der Waals surface area contributed by atoms with Crippen LogP contribution in [0.4, 0.5) is 20.2 Å². The summed E-state index contributed by atoms with van der Waals surface area (Å²) in [4.78, 5) is 23.9. The lowest BCUT2D eigenvalue weighted by atomic mass is 10.0. The summed E-state index contributed by atoms with van der Waals surface area (Å²) in [6, 6.07) is 6.89. The molecule has 0 radical (unpaired) electrons. The molecule has 0 saturated carbocycles. The largest absolute Gasteiger partial charge is 0.462 e. The van der Waals surface area contributed by atoms with E-state index in [-0.39, 0.29) is 12.0 Å². The standard InChI is InChI=1S/C18H20F2N4O4/c1-2-28-18(25)12-3-5-13(6-4-12)22-9-7-14(8-10-22)23-11-15(24(26)27)16(21-23)17(19)20/h3-6,11,14,17H,2,7-10H2,1H3. The maximum atomic E-state index is 13.0. The van der Waals surface area contributed by atoms with Crippen molar-refractivity contribution in [1.82, 2.24) is 9.78 Å². The number of esters is 1. The van der Waals surface area contributed by atoms with Gasteiger partial charge in [0.05, 0.1) is 23.1 Å². The van der Waals surface area contributed by atoms with Crippen molar-refractivity contribution in [2.24, 2.45) is 0 Å². The molecule has 150 valence electrons. The third kappa shape index (κ3) is 4.10. The van der Waals surface area contributed by atoms with E-state index >= 15 is 0 Å². The van der Waals surface area contributed by atoms with Gasteiger partial charge >= 0.3 is 11.7 Å². The zero-order valence-corrected chi connectivity index (χ0v) is 15.3. The number of anilines is 1. The van der Waals surface area contributed by atoms with Gasteiger partial charge in [-0.15, -0.1) is 0 Å². The number of nitrogens with zero attached hydrogens (tertiary/aromatic N) is 4. The highest BCUT2D eigenvalue weighted by molar-refractivity contribution is 5.89. The molecule has 0 N–H and O–H groups in total. The number of hydrogen-bond donors (Lipinski definition) is 0. The van der Waals surface area contributed by atoms with Crippen molar-refractivity contribution < 1.29 is 23.2 Å². The highest BCUT2D eigenvalue weighted by atomic mass is 19.3. The second-order valence-corrected chi connectivity index (χ2v) is 6.42. The molecule has 28 heavy (non-hydrogen) atoms. The Kier molecular flexibility index (Phi) is 5.86. The molecule has 1 aromatic carbocycles. The molecule has 0 spiro atoms. The van der Waals surface area contributed by atoms with E-state index in [1.54, 1.807) is 19.1 Å². The molecule has 0 amide bonds. The summed E-state index contributed by atoms with van der Waals surface area (Å²) in [5.41, 5.74) is -0.0240. The van der Waals surface area contributed by atoms with Gasteiger partial charge in [0.25, 0.3) is 6.43 Å². The van der Waals surface area contributed by atoms with Gasteiger partial charge in [-0.2, -0.15) is 5.10 Å². The Morgan fingerprint density at radius 2 is 1.96 bits per heavy atom. The predicted octanol–water partition coefficient (Wildman–Crippen LogP) is 3.75.